The number of benzene rings is 1. The van der Waals surface area contributed by atoms with Gasteiger partial charge in [0.15, 0.2) is 5.65 Å². The van der Waals surface area contributed by atoms with Crippen LogP contribution in [0, 0.1) is 11.3 Å². The van der Waals surface area contributed by atoms with Gasteiger partial charge in [-0.2, -0.15) is 5.26 Å². The zero-order valence-electron chi connectivity index (χ0n) is 14.3. The quantitative estimate of drug-likeness (QED) is 0.721. The van der Waals surface area contributed by atoms with Gasteiger partial charge in [0.2, 0.25) is 0 Å². The molecule has 0 unspecified atom stereocenters. The molecule has 0 radical (unpaired) electrons. The minimum absolute atomic E-state index is 0.177. The van der Waals surface area contributed by atoms with Gasteiger partial charge in [-0.05, 0) is 38.1 Å². The number of hydrogen-bond acceptors (Lipinski definition) is 5. The zero-order valence-corrected chi connectivity index (χ0v) is 14.3. The molecule has 1 aliphatic heterocycles. The van der Waals surface area contributed by atoms with Crippen molar-refractivity contribution < 1.29 is 4.74 Å². The average Bonchev–Trinajstić information content (AvgIpc) is 3.04. The molecular formula is C19H19N5O. The molecule has 126 valence electrons. The summed E-state index contributed by atoms with van der Waals surface area (Å²) in [5, 5.41) is 13.9. The van der Waals surface area contributed by atoms with Crippen LogP contribution >= 0.6 is 0 Å². The molecule has 1 aromatic carbocycles. The number of ether oxygens (including phenoxy) is 1. The third kappa shape index (κ3) is 2.94. The van der Waals surface area contributed by atoms with Gasteiger partial charge in [0.05, 0.1) is 35.7 Å². The van der Waals surface area contributed by atoms with Crippen molar-refractivity contribution in [1.29, 1.82) is 5.26 Å². The molecule has 1 aliphatic rings. The van der Waals surface area contributed by atoms with Gasteiger partial charge in [-0.15, -0.1) is 5.10 Å². The highest BCUT2D eigenvalue weighted by molar-refractivity contribution is 5.65. The zero-order chi connectivity index (χ0) is 17.4. The number of nitriles is 1. The van der Waals surface area contributed by atoms with Crippen molar-refractivity contribution in [2.24, 2.45) is 0 Å². The van der Waals surface area contributed by atoms with Crippen LogP contribution in [-0.4, -0.2) is 39.9 Å². The topological polar surface area (TPSA) is 66.5 Å². The Morgan fingerprint density at radius 3 is 2.72 bits per heavy atom. The third-order valence-corrected chi connectivity index (χ3v) is 4.38. The lowest BCUT2D eigenvalue weighted by Gasteiger charge is -2.35. The minimum atomic E-state index is 0.177. The van der Waals surface area contributed by atoms with E-state index in [0.29, 0.717) is 5.56 Å². The first-order valence-electron chi connectivity index (χ1n) is 8.40. The highest BCUT2D eigenvalue weighted by Gasteiger charge is 2.23. The second kappa shape index (κ2) is 6.19. The molecule has 1 saturated heterocycles. The largest absolute Gasteiger partial charge is 0.372 e. The van der Waals surface area contributed by atoms with Gasteiger partial charge in [0.25, 0.3) is 0 Å². The van der Waals surface area contributed by atoms with Crippen LogP contribution in [0.15, 0.2) is 42.6 Å². The van der Waals surface area contributed by atoms with Gasteiger partial charge < -0.3 is 9.64 Å². The molecule has 0 saturated carbocycles. The smallest absolute Gasteiger partial charge is 0.154 e. The van der Waals surface area contributed by atoms with E-state index in [-0.39, 0.29) is 12.2 Å². The molecule has 0 N–H and O–H groups in total. The van der Waals surface area contributed by atoms with Gasteiger partial charge >= 0.3 is 0 Å². The molecule has 2 atom stereocenters. The van der Waals surface area contributed by atoms with Crippen molar-refractivity contribution in [3.63, 3.8) is 0 Å². The lowest BCUT2D eigenvalue weighted by molar-refractivity contribution is -0.00551. The maximum Gasteiger partial charge on any atom is 0.154 e. The fourth-order valence-electron chi connectivity index (χ4n) is 3.34. The number of rotatable bonds is 2. The van der Waals surface area contributed by atoms with E-state index >= 15 is 0 Å². The molecule has 6 heteroatoms. The Balaban J connectivity index is 1.76. The first-order chi connectivity index (χ1) is 12.1. The van der Waals surface area contributed by atoms with Crippen LogP contribution in [0.3, 0.4) is 0 Å². The number of aromatic nitrogens is 3. The van der Waals surface area contributed by atoms with Gasteiger partial charge in [-0.1, -0.05) is 12.1 Å². The standard InChI is InChI=1S/C19H19N5O/c1-13-11-23(12-14(2)25-13)19-7-6-18-21-10-17(24(18)22-19)16-5-3-4-15(8-16)9-20/h3-8,10,13-14H,11-12H2,1-2H3/t13-,14+. The number of anilines is 1. The van der Waals surface area contributed by atoms with E-state index in [4.69, 9.17) is 15.1 Å². The lowest BCUT2D eigenvalue weighted by atomic mass is 10.1. The van der Waals surface area contributed by atoms with Crippen molar-refractivity contribution in [3.05, 3.63) is 48.2 Å². The molecular weight excluding hydrogens is 314 g/mol. The second-order valence-electron chi connectivity index (χ2n) is 6.46. The Bertz CT molecular complexity index is 948. The summed E-state index contributed by atoms with van der Waals surface area (Å²) < 4.78 is 7.65. The van der Waals surface area contributed by atoms with Crippen LogP contribution in [-0.2, 0) is 4.74 Å². The van der Waals surface area contributed by atoms with Crippen LogP contribution in [0.5, 0.6) is 0 Å². The summed E-state index contributed by atoms with van der Waals surface area (Å²) in [5.41, 5.74) is 3.22. The van der Waals surface area contributed by atoms with E-state index in [1.165, 1.54) is 0 Å². The summed E-state index contributed by atoms with van der Waals surface area (Å²) >= 11 is 0. The predicted octanol–water partition coefficient (Wildman–Crippen LogP) is 2.88. The van der Waals surface area contributed by atoms with E-state index in [9.17, 15) is 0 Å². The van der Waals surface area contributed by atoms with E-state index in [1.807, 2.05) is 34.8 Å². The lowest BCUT2D eigenvalue weighted by Crippen LogP contribution is -2.46. The van der Waals surface area contributed by atoms with Gasteiger partial charge in [-0.25, -0.2) is 9.50 Å². The summed E-state index contributed by atoms with van der Waals surface area (Å²) in [7, 11) is 0. The monoisotopic (exact) mass is 333 g/mol. The molecule has 0 aliphatic carbocycles. The van der Waals surface area contributed by atoms with Gasteiger partial charge in [-0.3, -0.25) is 0 Å². The number of imidazole rings is 1. The molecule has 0 spiro atoms. The molecule has 6 nitrogen and oxygen atoms in total. The minimum Gasteiger partial charge on any atom is -0.372 e. The molecule has 25 heavy (non-hydrogen) atoms. The van der Waals surface area contributed by atoms with Crippen molar-refractivity contribution >= 4 is 11.5 Å². The summed E-state index contributed by atoms with van der Waals surface area (Å²) in [6.07, 6.45) is 2.15. The van der Waals surface area contributed by atoms with Crippen LogP contribution in [0.4, 0.5) is 5.82 Å². The summed E-state index contributed by atoms with van der Waals surface area (Å²) in [6, 6.07) is 13.7. The van der Waals surface area contributed by atoms with E-state index < -0.39 is 0 Å². The number of fused-ring (bicyclic) bond motifs is 1. The molecule has 2 aromatic heterocycles. The Kier molecular flexibility index (Phi) is 3.86. The van der Waals surface area contributed by atoms with E-state index in [1.54, 1.807) is 12.3 Å². The predicted molar refractivity (Wildman–Crippen MR) is 95.4 cm³/mol. The van der Waals surface area contributed by atoms with Gasteiger partial charge in [0.1, 0.15) is 5.82 Å². The highest BCUT2D eigenvalue weighted by Crippen LogP contribution is 2.24. The highest BCUT2D eigenvalue weighted by atomic mass is 16.5. The van der Waals surface area contributed by atoms with Crippen LogP contribution < -0.4 is 4.90 Å². The Hall–Kier alpha value is -2.91. The van der Waals surface area contributed by atoms with Crippen molar-refractivity contribution in [2.45, 2.75) is 26.1 Å². The number of morpholine rings is 1. The molecule has 3 heterocycles. The second-order valence-corrected chi connectivity index (χ2v) is 6.46. The summed E-state index contributed by atoms with van der Waals surface area (Å²) in [5.74, 6) is 0.908. The normalized spacial score (nSPS) is 20.6. The molecule has 1 fully saturated rings. The summed E-state index contributed by atoms with van der Waals surface area (Å²) in [4.78, 5) is 6.68. The molecule has 0 bridgehead atoms. The molecule has 3 aromatic rings. The van der Waals surface area contributed by atoms with Crippen LogP contribution in [0.2, 0.25) is 0 Å². The fourth-order valence-corrected chi connectivity index (χ4v) is 3.34. The van der Waals surface area contributed by atoms with Crippen molar-refractivity contribution in [3.8, 4) is 17.3 Å². The van der Waals surface area contributed by atoms with Crippen molar-refractivity contribution in [1.82, 2.24) is 14.6 Å². The Morgan fingerprint density at radius 1 is 1.16 bits per heavy atom. The molecule has 0 amide bonds. The van der Waals surface area contributed by atoms with Crippen LogP contribution in [0.25, 0.3) is 16.9 Å². The van der Waals surface area contributed by atoms with Crippen molar-refractivity contribution in [2.75, 3.05) is 18.0 Å². The van der Waals surface area contributed by atoms with E-state index in [2.05, 4.69) is 29.8 Å². The first-order valence-corrected chi connectivity index (χ1v) is 8.40. The average molecular weight is 333 g/mol. The maximum atomic E-state index is 9.13. The maximum absolute atomic E-state index is 9.13. The first kappa shape index (κ1) is 15.6. The number of nitrogens with zero attached hydrogens (tertiary/aromatic N) is 5. The fraction of sp³-hybridized carbons (Fsp3) is 0.316. The third-order valence-electron chi connectivity index (χ3n) is 4.38. The van der Waals surface area contributed by atoms with Crippen LogP contribution in [0.1, 0.15) is 19.4 Å². The number of hydrogen-bond donors (Lipinski definition) is 0. The Morgan fingerprint density at radius 2 is 1.96 bits per heavy atom. The van der Waals surface area contributed by atoms with Gasteiger partial charge in [0, 0.05) is 18.7 Å². The van der Waals surface area contributed by atoms with E-state index in [0.717, 1.165) is 35.8 Å². The summed E-state index contributed by atoms with van der Waals surface area (Å²) in [6.45, 7) is 5.79. The Labute approximate surface area is 146 Å². The SMILES string of the molecule is C[C@@H]1CN(c2ccc3ncc(-c4cccc(C#N)c4)n3n2)C[C@H](C)O1. The molecule has 4 rings (SSSR count).